The number of rotatable bonds is 6. The molecule has 2 heterocycles. The summed E-state index contributed by atoms with van der Waals surface area (Å²) in [6.45, 7) is 12.0. The molecule has 0 bridgehead atoms. The van der Waals surface area contributed by atoms with Crippen molar-refractivity contribution in [2.45, 2.75) is 71.4 Å². The first-order valence-corrected chi connectivity index (χ1v) is 9.95. The molecule has 1 unspecified atom stereocenters. The van der Waals surface area contributed by atoms with Gasteiger partial charge in [-0.25, -0.2) is 4.79 Å². The number of amides is 1. The van der Waals surface area contributed by atoms with Crippen molar-refractivity contribution in [3.05, 3.63) is 11.7 Å². The fourth-order valence-corrected chi connectivity index (χ4v) is 2.92. The van der Waals surface area contributed by atoms with Gasteiger partial charge in [0.2, 0.25) is 5.89 Å². The van der Waals surface area contributed by atoms with Gasteiger partial charge < -0.3 is 24.8 Å². The molecule has 1 saturated heterocycles. The van der Waals surface area contributed by atoms with Crippen LogP contribution in [0.3, 0.4) is 0 Å². The van der Waals surface area contributed by atoms with Crippen molar-refractivity contribution >= 4 is 36.0 Å². The molecule has 1 aliphatic heterocycles. The summed E-state index contributed by atoms with van der Waals surface area (Å²) in [7, 11) is 1.77. The molecule has 0 spiro atoms. The van der Waals surface area contributed by atoms with Crippen molar-refractivity contribution in [2.24, 2.45) is 4.99 Å². The van der Waals surface area contributed by atoms with E-state index >= 15 is 0 Å². The maximum atomic E-state index is 11.9. The molecular weight excluding hydrogens is 487 g/mol. The summed E-state index contributed by atoms with van der Waals surface area (Å²) in [5, 5.41) is 10.3. The Hall–Kier alpha value is -1.59. The molecule has 1 aromatic rings. The third kappa shape index (κ3) is 8.75. The summed E-state index contributed by atoms with van der Waals surface area (Å²) in [6, 6.07) is 0.0567. The van der Waals surface area contributed by atoms with E-state index in [1.807, 2.05) is 34.6 Å². The van der Waals surface area contributed by atoms with Gasteiger partial charge >= 0.3 is 6.09 Å². The molecule has 1 amide bonds. The number of aliphatic imine (C=N–C) groups is 1. The predicted octanol–water partition coefficient (Wildman–Crippen LogP) is 2.92. The van der Waals surface area contributed by atoms with E-state index < -0.39 is 5.60 Å². The molecule has 1 aliphatic rings. The molecular formula is C19H35IN6O3. The zero-order valence-corrected chi connectivity index (χ0v) is 20.6. The second-order valence-electron chi connectivity index (χ2n) is 8.36. The maximum absolute atomic E-state index is 11.9. The standard InChI is InChI=1S/C19H34N6O3.HI/c1-13(2)16-23-15(28-24-16)8-7-10-21-17(20-6)25-11-9-14(12-25)22-18(26)27-19(3,4)5;/h13-14H,7-12H2,1-6H3,(H,20,21)(H,22,26);1H. The van der Waals surface area contributed by atoms with Crippen LogP contribution in [-0.4, -0.2) is 65.4 Å². The number of aryl methyl sites for hydroxylation is 1. The van der Waals surface area contributed by atoms with Crippen LogP contribution >= 0.6 is 24.0 Å². The molecule has 0 aliphatic carbocycles. The van der Waals surface area contributed by atoms with Crippen LogP contribution in [-0.2, 0) is 11.2 Å². The first-order valence-electron chi connectivity index (χ1n) is 9.95. The van der Waals surface area contributed by atoms with Gasteiger partial charge in [-0.15, -0.1) is 24.0 Å². The lowest BCUT2D eigenvalue weighted by Gasteiger charge is -2.23. The normalized spacial score (nSPS) is 17.3. The largest absolute Gasteiger partial charge is 0.444 e. The van der Waals surface area contributed by atoms with E-state index in [0.29, 0.717) is 12.4 Å². The number of ether oxygens (including phenoxy) is 1. The molecule has 166 valence electrons. The minimum atomic E-state index is -0.492. The molecule has 9 nitrogen and oxygen atoms in total. The number of aromatic nitrogens is 2. The Morgan fingerprint density at radius 3 is 2.72 bits per heavy atom. The van der Waals surface area contributed by atoms with Crippen LogP contribution in [0.25, 0.3) is 0 Å². The van der Waals surface area contributed by atoms with Crippen LogP contribution in [0.15, 0.2) is 9.52 Å². The lowest BCUT2D eigenvalue weighted by Crippen LogP contribution is -2.44. The minimum Gasteiger partial charge on any atom is -0.444 e. The van der Waals surface area contributed by atoms with Gasteiger partial charge in [-0.05, 0) is 33.6 Å². The fraction of sp³-hybridized carbons (Fsp3) is 0.789. The van der Waals surface area contributed by atoms with Crippen molar-refractivity contribution in [3.8, 4) is 0 Å². The van der Waals surface area contributed by atoms with Crippen molar-refractivity contribution in [1.82, 2.24) is 25.7 Å². The summed E-state index contributed by atoms with van der Waals surface area (Å²) >= 11 is 0. The number of nitrogens with one attached hydrogen (secondary N) is 2. The lowest BCUT2D eigenvalue weighted by molar-refractivity contribution is 0.0507. The molecule has 29 heavy (non-hydrogen) atoms. The zero-order valence-electron chi connectivity index (χ0n) is 18.3. The SMILES string of the molecule is CN=C(NCCCc1nc(C(C)C)no1)N1CCC(NC(=O)OC(C)(C)C)C1.I. The summed E-state index contributed by atoms with van der Waals surface area (Å²) in [6.07, 6.45) is 2.08. The second-order valence-corrected chi connectivity index (χ2v) is 8.36. The van der Waals surface area contributed by atoms with E-state index in [1.165, 1.54) is 0 Å². The molecule has 1 fully saturated rings. The number of carbonyl (C=O) groups is 1. The number of likely N-dealkylation sites (tertiary alicyclic amines) is 1. The van der Waals surface area contributed by atoms with Crippen molar-refractivity contribution < 1.29 is 14.1 Å². The summed E-state index contributed by atoms with van der Waals surface area (Å²) < 4.78 is 10.6. The summed E-state index contributed by atoms with van der Waals surface area (Å²) in [4.78, 5) is 22.8. The van der Waals surface area contributed by atoms with Gasteiger partial charge in [-0.2, -0.15) is 4.98 Å². The van der Waals surface area contributed by atoms with E-state index in [9.17, 15) is 4.79 Å². The predicted molar refractivity (Wildman–Crippen MR) is 123 cm³/mol. The highest BCUT2D eigenvalue weighted by atomic mass is 127. The molecule has 2 N–H and O–H groups in total. The number of carbonyl (C=O) groups excluding carboxylic acids is 1. The van der Waals surface area contributed by atoms with Crippen LogP contribution in [0.5, 0.6) is 0 Å². The number of halogens is 1. The Labute approximate surface area is 190 Å². The Morgan fingerprint density at radius 1 is 1.41 bits per heavy atom. The van der Waals surface area contributed by atoms with Crippen LogP contribution < -0.4 is 10.6 Å². The van der Waals surface area contributed by atoms with Gasteiger partial charge in [-0.1, -0.05) is 19.0 Å². The van der Waals surface area contributed by atoms with E-state index in [4.69, 9.17) is 9.26 Å². The van der Waals surface area contributed by atoms with Crippen LogP contribution in [0, 0.1) is 0 Å². The highest BCUT2D eigenvalue weighted by Crippen LogP contribution is 2.13. The van der Waals surface area contributed by atoms with Crippen LogP contribution in [0.1, 0.15) is 65.1 Å². The Kier molecular flexibility index (Phi) is 10.1. The topological polar surface area (TPSA) is 105 Å². The summed E-state index contributed by atoms with van der Waals surface area (Å²) in [5.41, 5.74) is -0.492. The first-order chi connectivity index (χ1) is 13.2. The van der Waals surface area contributed by atoms with Gasteiger partial charge in [0.05, 0.1) is 6.04 Å². The van der Waals surface area contributed by atoms with E-state index in [2.05, 4.69) is 30.7 Å². The van der Waals surface area contributed by atoms with Gasteiger partial charge in [0.15, 0.2) is 11.8 Å². The highest BCUT2D eigenvalue weighted by molar-refractivity contribution is 14.0. The maximum Gasteiger partial charge on any atom is 0.407 e. The molecule has 0 saturated carbocycles. The molecule has 1 aromatic heterocycles. The van der Waals surface area contributed by atoms with Crippen molar-refractivity contribution in [1.29, 1.82) is 0 Å². The monoisotopic (exact) mass is 522 g/mol. The zero-order chi connectivity index (χ0) is 20.7. The van der Waals surface area contributed by atoms with Gasteiger partial charge in [0.1, 0.15) is 5.60 Å². The number of alkyl carbamates (subject to hydrolysis) is 1. The van der Waals surface area contributed by atoms with Crippen LogP contribution in [0.4, 0.5) is 4.79 Å². The van der Waals surface area contributed by atoms with Gasteiger partial charge in [-0.3, -0.25) is 4.99 Å². The third-order valence-corrected chi connectivity index (χ3v) is 4.27. The Morgan fingerprint density at radius 2 is 2.14 bits per heavy atom. The van der Waals surface area contributed by atoms with E-state index in [0.717, 1.165) is 44.1 Å². The van der Waals surface area contributed by atoms with Crippen LogP contribution in [0.2, 0.25) is 0 Å². The summed E-state index contributed by atoms with van der Waals surface area (Å²) in [5.74, 6) is 2.52. The van der Waals surface area contributed by atoms with Gasteiger partial charge in [0, 0.05) is 39.0 Å². The van der Waals surface area contributed by atoms with E-state index in [1.54, 1.807) is 7.05 Å². The number of guanidine groups is 1. The third-order valence-electron chi connectivity index (χ3n) is 4.27. The molecule has 10 heteroatoms. The first kappa shape index (κ1) is 25.4. The fourth-order valence-electron chi connectivity index (χ4n) is 2.92. The number of nitrogens with zero attached hydrogens (tertiary/aromatic N) is 4. The molecule has 0 radical (unpaired) electrons. The Balaban J connectivity index is 0.00000420. The molecule has 0 aromatic carbocycles. The van der Waals surface area contributed by atoms with Crippen molar-refractivity contribution in [3.63, 3.8) is 0 Å². The average molecular weight is 522 g/mol. The van der Waals surface area contributed by atoms with Gasteiger partial charge in [0.25, 0.3) is 0 Å². The number of hydrogen-bond donors (Lipinski definition) is 2. The second kappa shape index (κ2) is 11.6. The minimum absolute atomic E-state index is 0. The molecule has 2 rings (SSSR count). The quantitative estimate of drug-likeness (QED) is 0.256. The lowest BCUT2D eigenvalue weighted by atomic mass is 10.2. The average Bonchev–Trinajstić information content (AvgIpc) is 3.23. The Bertz CT molecular complexity index is 671. The highest BCUT2D eigenvalue weighted by Gasteiger charge is 2.27. The molecule has 1 atom stereocenters. The number of hydrogen-bond acceptors (Lipinski definition) is 6. The van der Waals surface area contributed by atoms with Crippen molar-refractivity contribution in [2.75, 3.05) is 26.7 Å². The smallest absolute Gasteiger partial charge is 0.407 e. The van der Waals surface area contributed by atoms with E-state index in [-0.39, 0.29) is 42.0 Å².